The Balaban J connectivity index is 1.27. The number of ether oxygens (including phenoxy) is 2. The van der Waals surface area contributed by atoms with Crippen molar-refractivity contribution in [3.8, 4) is 0 Å². The Morgan fingerprint density at radius 3 is 2.54 bits per heavy atom. The monoisotopic (exact) mass is 512 g/mol. The summed E-state index contributed by atoms with van der Waals surface area (Å²) >= 11 is 0. The molecule has 4 aliphatic rings. The highest BCUT2D eigenvalue weighted by Gasteiger charge is 2.47. The zero-order valence-corrected chi connectivity index (χ0v) is 21.7. The van der Waals surface area contributed by atoms with Crippen molar-refractivity contribution in [1.29, 1.82) is 0 Å². The molecule has 0 radical (unpaired) electrons. The first-order valence-corrected chi connectivity index (χ1v) is 13.2. The normalized spacial score (nSPS) is 29.7. The van der Waals surface area contributed by atoms with Crippen molar-refractivity contribution in [2.45, 2.75) is 82.6 Å². The lowest BCUT2D eigenvalue weighted by Crippen LogP contribution is -2.53. The SMILES string of the molecule is CNC(=O)C(=O)N[C@@H](C)CC1CCC2(CC1)OC(=O)NN=C2c1cnc(N2CC3CCC(C2)O3)cc1C. The Labute approximate surface area is 216 Å². The number of nitrogens with one attached hydrogen (secondary N) is 3. The number of hydrogen-bond acceptors (Lipinski definition) is 8. The number of hydrogen-bond donors (Lipinski definition) is 3. The van der Waals surface area contributed by atoms with E-state index in [0.717, 1.165) is 62.1 Å². The predicted octanol–water partition coefficient (Wildman–Crippen LogP) is 1.77. The smallest absolute Gasteiger partial charge is 0.428 e. The van der Waals surface area contributed by atoms with Gasteiger partial charge < -0.3 is 25.0 Å². The molecule has 0 aromatic carbocycles. The second kappa shape index (κ2) is 10.3. The first-order chi connectivity index (χ1) is 17.8. The molecule has 200 valence electrons. The van der Waals surface area contributed by atoms with Gasteiger partial charge in [-0.25, -0.2) is 15.2 Å². The van der Waals surface area contributed by atoms with E-state index in [1.807, 2.05) is 20.0 Å². The minimum atomic E-state index is -0.806. The maximum absolute atomic E-state index is 12.2. The highest BCUT2D eigenvalue weighted by atomic mass is 16.6. The minimum Gasteiger partial charge on any atom is -0.435 e. The number of nitrogens with zero attached hydrogens (tertiary/aromatic N) is 3. The third-order valence-corrected chi connectivity index (χ3v) is 8.11. The van der Waals surface area contributed by atoms with E-state index in [2.05, 4.69) is 32.1 Å². The number of carbonyl (C=O) groups is 3. The van der Waals surface area contributed by atoms with Crippen LogP contribution in [0.4, 0.5) is 10.6 Å². The van der Waals surface area contributed by atoms with Crippen molar-refractivity contribution in [3.05, 3.63) is 23.4 Å². The third-order valence-electron chi connectivity index (χ3n) is 8.11. The molecule has 2 saturated heterocycles. The van der Waals surface area contributed by atoms with Crippen LogP contribution < -0.4 is 21.0 Å². The van der Waals surface area contributed by atoms with Crippen LogP contribution in [0.2, 0.25) is 0 Å². The number of rotatable bonds is 5. The average molecular weight is 513 g/mol. The molecule has 1 saturated carbocycles. The second-order valence-corrected chi connectivity index (χ2v) is 10.8. The van der Waals surface area contributed by atoms with Crippen molar-refractivity contribution >= 4 is 29.4 Å². The summed E-state index contributed by atoms with van der Waals surface area (Å²) in [6.45, 7) is 5.66. The van der Waals surface area contributed by atoms with E-state index in [9.17, 15) is 14.4 Å². The average Bonchev–Trinajstić information content (AvgIpc) is 3.22. The van der Waals surface area contributed by atoms with E-state index >= 15 is 0 Å². The summed E-state index contributed by atoms with van der Waals surface area (Å²) in [5.41, 5.74) is 4.32. The molecule has 1 aromatic rings. The summed E-state index contributed by atoms with van der Waals surface area (Å²) in [4.78, 5) is 42.7. The molecule has 1 aromatic heterocycles. The van der Waals surface area contributed by atoms with E-state index < -0.39 is 23.5 Å². The van der Waals surface area contributed by atoms with Gasteiger partial charge in [0.25, 0.3) is 0 Å². The number of hydrazone groups is 1. The molecule has 2 bridgehead atoms. The topological polar surface area (TPSA) is 134 Å². The molecule has 11 nitrogen and oxygen atoms in total. The lowest BCUT2D eigenvalue weighted by atomic mass is 9.72. The molecule has 3 atom stereocenters. The lowest BCUT2D eigenvalue weighted by Gasteiger charge is -2.42. The molecule has 37 heavy (non-hydrogen) atoms. The highest BCUT2D eigenvalue weighted by Crippen LogP contribution is 2.41. The van der Waals surface area contributed by atoms with Gasteiger partial charge in [-0.05, 0) is 76.3 Å². The van der Waals surface area contributed by atoms with Gasteiger partial charge in [-0.3, -0.25) is 9.59 Å². The van der Waals surface area contributed by atoms with Crippen LogP contribution in [-0.4, -0.2) is 72.6 Å². The molecule has 2 unspecified atom stereocenters. The molecule has 3 amide bonds. The number of carbonyl (C=O) groups excluding carboxylic acids is 3. The van der Waals surface area contributed by atoms with Gasteiger partial charge in [-0.1, -0.05) is 0 Å². The fraction of sp³-hybridized carbons (Fsp3) is 0.654. The predicted molar refractivity (Wildman–Crippen MR) is 136 cm³/mol. The van der Waals surface area contributed by atoms with E-state index in [4.69, 9.17) is 14.5 Å². The van der Waals surface area contributed by atoms with Gasteiger partial charge in [0.05, 0.1) is 12.2 Å². The molecule has 3 N–H and O–H groups in total. The minimum absolute atomic E-state index is 0.137. The maximum atomic E-state index is 12.2. The van der Waals surface area contributed by atoms with Gasteiger partial charge in [0.15, 0.2) is 5.60 Å². The van der Waals surface area contributed by atoms with Gasteiger partial charge >= 0.3 is 17.9 Å². The zero-order chi connectivity index (χ0) is 26.2. The highest BCUT2D eigenvalue weighted by molar-refractivity contribution is 6.35. The fourth-order valence-electron chi connectivity index (χ4n) is 6.20. The van der Waals surface area contributed by atoms with Crippen LogP contribution in [0.15, 0.2) is 17.4 Å². The van der Waals surface area contributed by atoms with E-state index in [0.29, 0.717) is 24.5 Å². The Kier molecular flexibility index (Phi) is 7.06. The van der Waals surface area contributed by atoms with Crippen LogP contribution in [0, 0.1) is 12.8 Å². The van der Waals surface area contributed by atoms with Crippen molar-refractivity contribution in [1.82, 2.24) is 21.0 Å². The Hall–Kier alpha value is -3.21. The summed E-state index contributed by atoms with van der Waals surface area (Å²) in [6, 6.07) is 1.96. The summed E-state index contributed by atoms with van der Waals surface area (Å²) in [5.74, 6) is 0.000121. The number of aromatic nitrogens is 1. The molecular formula is C26H36N6O5. The fourth-order valence-corrected chi connectivity index (χ4v) is 6.20. The van der Waals surface area contributed by atoms with Gasteiger partial charge in [0.2, 0.25) is 0 Å². The Morgan fingerprint density at radius 1 is 1.19 bits per heavy atom. The van der Waals surface area contributed by atoms with Crippen LogP contribution in [0.3, 0.4) is 0 Å². The standard InChI is InChI=1S/C26H36N6O5/c1-15-10-21(32-13-18-4-5-19(14-32)36-18)28-12-20(15)22-26(37-25(35)31-30-22)8-6-17(7-9-26)11-16(2)29-24(34)23(33)27-3/h10,12,16-19H,4-9,11,13-14H2,1-3H3,(H,27,33)(H,29,34)(H,31,35)/t16-,17?,18?,19?,26?/m0/s1. The molecule has 5 rings (SSSR count). The van der Waals surface area contributed by atoms with Crippen LogP contribution in [-0.2, 0) is 19.1 Å². The molecule has 1 aliphatic carbocycles. The van der Waals surface area contributed by atoms with Crippen molar-refractivity contribution < 1.29 is 23.9 Å². The number of aryl methyl sites for hydroxylation is 1. The third kappa shape index (κ3) is 5.27. The summed E-state index contributed by atoms with van der Waals surface area (Å²) in [5, 5.41) is 9.55. The van der Waals surface area contributed by atoms with E-state index in [-0.39, 0.29) is 18.2 Å². The lowest BCUT2D eigenvalue weighted by molar-refractivity contribution is -0.139. The van der Waals surface area contributed by atoms with Gasteiger partial charge in [-0.15, -0.1) is 0 Å². The van der Waals surface area contributed by atoms with E-state index in [1.54, 1.807) is 0 Å². The van der Waals surface area contributed by atoms with Crippen LogP contribution in [0.5, 0.6) is 0 Å². The first-order valence-electron chi connectivity index (χ1n) is 13.2. The largest absolute Gasteiger partial charge is 0.435 e. The maximum Gasteiger partial charge on any atom is 0.428 e. The molecule has 4 heterocycles. The Morgan fingerprint density at radius 2 is 1.89 bits per heavy atom. The zero-order valence-electron chi connectivity index (χ0n) is 21.7. The molecule has 1 spiro atoms. The quantitative estimate of drug-likeness (QED) is 0.512. The number of amides is 3. The van der Waals surface area contributed by atoms with Crippen LogP contribution in [0.25, 0.3) is 0 Å². The molecule has 11 heteroatoms. The number of fused-ring (bicyclic) bond motifs is 2. The van der Waals surface area contributed by atoms with Crippen molar-refractivity contribution in [2.75, 3.05) is 25.0 Å². The Bertz CT molecular complexity index is 1090. The summed E-state index contributed by atoms with van der Waals surface area (Å²) in [6.07, 6.45) is 7.72. The number of anilines is 1. The number of morpholine rings is 1. The second-order valence-electron chi connectivity index (χ2n) is 10.8. The van der Waals surface area contributed by atoms with Crippen molar-refractivity contribution in [3.63, 3.8) is 0 Å². The summed E-state index contributed by atoms with van der Waals surface area (Å²) in [7, 11) is 1.43. The molecular weight excluding hydrogens is 476 g/mol. The van der Waals surface area contributed by atoms with Gasteiger partial charge in [-0.2, -0.15) is 5.10 Å². The molecule has 3 aliphatic heterocycles. The number of pyridine rings is 1. The molecule has 3 fully saturated rings. The van der Waals surface area contributed by atoms with Crippen LogP contribution >= 0.6 is 0 Å². The van der Waals surface area contributed by atoms with Crippen molar-refractivity contribution in [2.24, 2.45) is 11.0 Å². The first kappa shape index (κ1) is 25.4. The van der Waals surface area contributed by atoms with E-state index in [1.165, 1.54) is 7.05 Å². The number of likely N-dealkylation sites (N-methyl/N-ethyl adjacent to an activating group) is 1. The van der Waals surface area contributed by atoms with Gasteiger partial charge in [0.1, 0.15) is 11.5 Å². The summed E-state index contributed by atoms with van der Waals surface area (Å²) < 4.78 is 11.9. The van der Waals surface area contributed by atoms with Crippen LogP contribution in [0.1, 0.15) is 63.0 Å². The van der Waals surface area contributed by atoms with Gasteiger partial charge in [0, 0.05) is 37.9 Å².